The molecule has 5 nitrogen and oxygen atoms in total. The molecule has 0 bridgehead atoms. The first-order valence-electron chi connectivity index (χ1n) is 7.56. The van der Waals surface area contributed by atoms with E-state index in [2.05, 4.69) is 0 Å². The highest BCUT2D eigenvalue weighted by atomic mass is 32.2. The maximum Gasteiger partial charge on any atom is 0.243 e. The van der Waals surface area contributed by atoms with Crippen LogP contribution in [-0.2, 0) is 14.8 Å². The zero-order valence-electron chi connectivity index (χ0n) is 14.0. The van der Waals surface area contributed by atoms with E-state index in [0.717, 1.165) is 11.8 Å². The number of carbonyl (C=O) groups is 1. The minimum Gasteiger partial charge on any atom is -0.342 e. The van der Waals surface area contributed by atoms with Gasteiger partial charge in [-0.3, -0.25) is 9.10 Å². The molecule has 0 aromatic heterocycles. The smallest absolute Gasteiger partial charge is 0.243 e. The number of carbonyl (C=O) groups excluding carboxylic acids is 1. The highest BCUT2D eigenvalue weighted by Gasteiger charge is 2.25. The fraction of sp³-hybridized carbons (Fsp3) is 0.562. The molecule has 1 aromatic carbocycles. The van der Waals surface area contributed by atoms with E-state index in [1.807, 2.05) is 39.8 Å². The highest BCUT2D eigenvalue weighted by molar-refractivity contribution is 7.92. The first-order chi connectivity index (χ1) is 10.2. The lowest BCUT2D eigenvalue weighted by Gasteiger charge is -2.28. The largest absolute Gasteiger partial charge is 0.342 e. The Morgan fingerprint density at radius 1 is 1.14 bits per heavy atom. The van der Waals surface area contributed by atoms with Crippen LogP contribution in [0.3, 0.4) is 0 Å². The normalized spacial score (nSPS) is 11.5. The summed E-state index contributed by atoms with van der Waals surface area (Å²) in [5, 5.41) is 0. The van der Waals surface area contributed by atoms with Gasteiger partial charge in [-0.15, -0.1) is 0 Å². The maximum atomic E-state index is 12.3. The van der Waals surface area contributed by atoms with Gasteiger partial charge in [-0.05, 0) is 31.4 Å². The van der Waals surface area contributed by atoms with Crippen LogP contribution in [0.25, 0.3) is 0 Å². The van der Waals surface area contributed by atoms with Crippen LogP contribution in [0, 0.1) is 0 Å². The summed E-state index contributed by atoms with van der Waals surface area (Å²) < 4.78 is 25.6. The molecule has 0 spiro atoms. The Hall–Kier alpha value is -1.56. The molecule has 0 saturated carbocycles. The zero-order valence-corrected chi connectivity index (χ0v) is 14.9. The number of likely N-dealkylation sites (N-methyl/N-ethyl adjacent to an activating group) is 1. The van der Waals surface area contributed by atoms with Crippen LogP contribution in [0.1, 0.15) is 39.2 Å². The van der Waals surface area contributed by atoms with Crippen LogP contribution in [0.4, 0.5) is 5.69 Å². The van der Waals surface area contributed by atoms with Gasteiger partial charge in [0.2, 0.25) is 15.9 Å². The van der Waals surface area contributed by atoms with E-state index >= 15 is 0 Å². The fourth-order valence-electron chi connectivity index (χ4n) is 2.38. The van der Waals surface area contributed by atoms with Crippen LogP contribution in [0.2, 0.25) is 0 Å². The third kappa shape index (κ3) is 4.47. The molecule has 0 radical (unpaired) electrons. The quantitative estimate of drug-likeness (QED) is 0.773. The van der Waals surface area contributed by atoms with Crippen LogP contribution >= 0.6 is 0 Å². The molecule has 0 unspecified atom stereocenters. The molecule has 1 aromatic rings. The van der Waals surface area contributed by atoms with Gasteiger partial charge in [0.05, 0.1) is 11.9 Å². The predicted molar refractivity (Wildman–Crippen MR) is 90.6 cm³/mol. The first kappa shape index (κ1) is 18.5. The molecule has 0 heterocycles. The second-order valence-electron chi connectivity index (χ2n) is 5.55. The van der Waals surface area contributed by atoms with Gasteiger partial charge in [0.25, 0.3) is 0 Å². The van der Waals surface area contributed by atoms with E-state index in [1.165, 1.54) is 4.31 Å². The molecule has 6 heteroatoms. The summed E-state index contributed by atoms with van der Waals surface area (Å²) in [6.07, 6.45) is 1.14. The van der Waals surface area contributed by atoms with E-state index in [9.17, 15) is 13.2 Å². The Labute approximate surface area is 134 Å². The number of anilines is 1. The Kier molecular flexibility index (Phi) is 6.41. The topological polar surface area (TPSA) is 57.7 Å². The summed E-state index contributed by atoms with van der Waals surface area (Å²) in [5.74, 6) is -0.0158. The molecule has 0 atom stereocenters. The number of benzene rings is 1. The Morgan fingerprint density at radius 3 is 2.14 bits per heavy atom. The Morgan fingerprint density at radius 2 is 1.68 bits per heavy atom. The third-order valence-electron chi connectivity index (χ3n) is 3.62. The van der Waals surface area contributed by atoms with Gasteiger partial charge in [-0.2, -0.15) is 0 Å². The number of amides is 1. The summed E-state index contributed by atoms with van der Waals surface area (Å²) in [4.78, 5) is 14.0. The summed E-state index contributed by atoms with van der Waals surface area (Å²) in [6, 6.07) is 7.33. The van der Waals surface area contributed by atoms with Crippen molar-refractivity contribution in [2.24, 2.45) is 0 Å². The lowest BCUT2D eigenvalue weighted by molar-refractivity contribution is -0.129. The number of hydrogen-bond donors (Lipinski definition) is 0. The van der Waals surface area contributed by atoms with Gasteiger partial charge in [0, 0.05) is 13.1 Å². The van der Waals surface area contributed by atoms with Crippen molar-refractivity contribution in [3.63, 3.8) is 0 Å². The molecule has 0 aliphatic heterocycles. The van der Waals surface area contributed by atoms with Crippen molar-refractivity contribution in [2.75, 3.05) is 30.2 Å². The van der Waals surface area contributed by atoms with Crippen molar-refractivity contribution in [1.29, 1.82) is 0 Å². The maximum absolute atomic E-state index is 12.3. The van der Waals surface area contributed by atoms with Crippen LogP contribution in [0.5, 0.6) is 0 Å². The van der Waals surface area contributed by atoms with Gasteiger partial charge < -0.3 is 4.90 Å². The minimum atomic E-state index is -3.53. The molecule has 22 heavy (non-hydrogen) atoms. The van der Waals surface area contributed by atoms with Crippen molar-refractivity contribution < 1.29 is 13.2 Å². The van der Waals surface area contributed by atoms with Crippen LogP contribution in [0.15, 0.2) is 24.3 Å². The number of para-hydroxylation sites is 1. The highest BCUT2D eigenvalue weighted by Crippen LogP contribution is 2.28. The first-order valence-corrected chi connectivity index (χ1v) is 9.41. The lowest BCUT2D eigenvalue weighted by Crippen LogP contribution is -2.43. The van der Waals surface area contributed by atoms with Crippen LogP contribution in [-0.4, -0.2) is 45.1 Å². The lowest BCUT2D eigenvalue weighted by atomic mass is 10.0. The summed E-state index contributed by atoms with van der Waals surface area (Å²) in [5.41, 5.74) is 1.50. The summed E-state index contributed by atoms with van der Waals surface area (Å²) in [6.45, 7) is 8.75. The molecule has 124 valence electrons. The second kappa shape index (κ2) is 7.63. The Bertz CT molecular complexity index is 608. The third-order valence-corrected chi connectivity index (χ3v) is 4.75. The molecule has 1 amide bonds. The van der Waals surface area contributed by atoms with Crippen molar-refractivity contribution in [3.05, 3.63) is 29.8 Å². The molecule has 0 aliphatic carbocycles. The van der Waals surface area contributed by atoms with E-state index in [0.29, 0.717) is 18.8 Å². The van der Waals surface area contributed by atoms with Gasteiger partial charge in [-0.25, -0.2) is 8.42 Å². The van der Waals surface area contributed by atoms with Crippen LogP contribution < -0.4 is 4.31 Å². The number of sulfonamides is 1. The Balaban J connectivity index is 3.25. The monoisotopic (exact) mass is 326 g/mol. The molecular formula is C16H26N2O3S. The molecular weight excluding hydrogens is 300 g/mol. The predicted octanol–water partition coefficient (Wildman–Crippen LogP) is 2.44. The van der Waals surface area contributed by atoms with E-state index in [1.54, 1.807) is 17.0 Å². The van der Waals surface area contributed by atoms with E-state index < -0.39 is 10.0 Å². The van der Waals surface area contributed by atoms with Gasteiger partial charge in [-0.1, -0.05) is 32.0 Å². The van der Waals surface area contributed by atoms with Gasteiger partial charge in [0.1, 0.15) is 6.54 Å². The van der Waals surface area contributed by atoms with Crippen molar-refractivity contribution >= 4 is 21.6 Å². The van der Waals surface area contributed by atoms with Crippen molar-refractivity contribution in [1.82, 2.24) is 4.90 Å². The van der Waals surface area contributed by atoms with Crippen molar-refractivity contribution in [2.45, 2.75) is 33.6 Å². The molecule has 0 aliphatic rings. The SMILES string of the molecule is CCN(CC)C(=O)CN(c1ccccc1C(C)C)S(C)(=O)=O. The second-order valence-corrected chi connectivity index (χ2v) is 7.46. The van der Waals surface area contributed by atoms with E-state index in [4.69, 9.17) is 0 Å². The van der Waals surface area contributed by atoms with Gasteiger partial charge >= 0.3 is 0 Å². The zero-order chi connectivity index (χ0) is 16.9. The van der Waals surface area contributed by atoms with E-state index in [-0.39, 0.29) is 18.4 Å². The average Bonchev–Trinajstić information content (AvgIpc) is 2.44. The van der Waals surface area contributed by atoms with Crippen molar-refractivity contribution in [3.8, 4) is 0 Å². The number of rotatable bonds is 7. The number of hydrogen-bond acceptors (Lipinski definition) is 3. The summed E-state index contributed by atoms with van der Waals surface area (Å²) in [7, 11) is -3.53. The van der Waals surface area contributed by atoms with Gasteiger partial charge in [0.15, 0.2) is 0 Å². The molecule has 0 fully saturated rings. The fourth-order valence-corrected chi connectivity index (χ4v) is 3.25. The number of nitrogens with zero attached hydrogens (tertiary/aromatic N) is 2. The summed E-state index contributed by atoms with van der Waals surface area (Å²) >= 11 is 0. The molecule has 1 rings (SSSR count). The standard InChI is InChI=1S/C16H26N2O3S/c1-6-17(7-2)16(19)12-18(22(5,20)21)15-11-9-8-10-14(15)13(3)4/h8-11,13H,6-7,12H2,1-5H3. The molecule has 0 saturated heterocycles. The minimum absolute atomic E-state index is 0.162. The average molecular weight is 326 g/mol. The molecule has 0 N–H and O–H groups in total.